The second kappa shape index (κ2) is 6.24. The Hall–Kier alpha value is -0.570. The van der Waals surface area contributed by atoms with Crippen molar-refractivity contribution in [2.75, 3.05) is 13.6 Å². The highest BCUT2D eigenvalue weighted by Crippen LogP contribution is 2.23. The van der Waals surface area contributed by atoms with Crippen molar-refractivity contribution in [1.29, 1.82) is 0 Å². The molecule has 0 spiro atoms. The van der Waals surface area contributed by atoms with Gasteiger partial charge in [0.15, 0.2) is 0 Å². The van der Waals surface area contributed by atoms with Gasteiger partial charge in [-0.3, -0.25) is 4.90 Å². The summed E-state index contributed by atoms with van der Waals surface area (Å²) in [6, 6.07) is 8.33. The molecule has 16 heavy (non-hydrogen) atoms. The lowest BCUT2D eigenvalue weighted by molar-refractivity contribution is 0.219. The van der Waals surface area contributed by atoms with Crippen molar-refractivity contribution >= 4 is 11.6 Å². The first kappa shape index (κ1) is 13.5. The van der Waals surface area contributed by atoms with Crippen LogP contribution in [0.5, 0.6) is 0 Å². The van der Waals surface area contributed by atoms with Gasteiger partial charge in [-0.1, -0.05) is 30.7 Å². The summed E-state index contributed by atoms with van der Waals surface area (Å²) in [6.45, 7) is 5.27. The molecule has 0 aromatic heterocycles. The molecule has 1 aromatic rings. The van der Waals surface area contributed by atoms with Gasteiger partial charge in [0.1, 0.15) is 0 Å². The summed E-state index contributed by atoms with van der Waals surface area (Å²) in [7, 11) is 2.12. The fraction of sp³-hybridized carbons (Fsp3) is 0.538. The fourth-order valence-corrected chi connectivity index (χ4v) is 2.24. The first-order chi connectivity index (χ1) is 7.56. The lowest BCUT2D eigenvalue weighted by Crippen LogP contribution is -2.37. The first-order valence-electron chi connectivity index (χ1n) is 5.77. The molecule has 2 atom stereocenters. The van der Waals surface area contributed by atoms with Gasteiger partial charge >= 0.3 is 0 Å². The number of halogens is 1. The number of benzene rings is 1. The summed E-state index contributed by atoms with van der Waals surface area (Å²) in [5.41, 5.74) is 7.30. The molecule has 3 heteroatoms. The maximum absolute atomic E-state index is 6.06. The van der Waals surface area contributed by atoms with Crippen LogP contribution in [0.15, 0.2) is 24.3 Å². The molecule has 2 unspecified atom stereocenters. The maximum Gasteiger partial charge on any atom is 0.0493 e. The summed E-state index contributed by atoms with van der Waals surface area (Å²) < 4.78 is 0. The third kappa shape index (κ3) is 3.48. The minimum Gasteiger partial charge on any atom is -0.326 e. The van der Waals surface area contributed by atoms with E-state index in [2.05, 4.69) is 31.0 Å². The Bertz CT molecular complexity index is 308. The standard InChI is InChI=1S/C13H21ClN2/c1-4-9-16(3)13(10(2)15)11-5-7-12(14)8-6-11/h5-8,10,13H,4,9,15H2,1-3H3. The fourth-order valence-electron chi connectivity index (χ4n) is 2.11. The Morgan fingerprint density at radius 2 is 1.88 bits per heavy atom. The first-order valence-corrected chi connectivity index (χ1v) is 6.15. The lowest BCUT2D eigenvalue weighted by atomic mass is 9.99. The minimum atomic E-state index is 0.109. The number of nitrogens with zero attached hydrogens (tertiary/aromatic N) is 1. The third-order valence-corrected chi connectivity index (χ3v) is 3.01. The Morgan fingerprint density at radius 1 is 1.31 bits per heavy atom. The molecular formula is C13H21ClN2. The number of hydrogen-bond acceptors (Lipinski definition) is 2. The zero-order chi connectivity index (χ0) is 12.1. The van der Waals surface area contributed by atoms with E-state index in [-0.39, 0.29) is 12.1 Å². The molecule has 0 heterocycles. The van der Waals surface area contributed by atoms with Gasteiger partial charge < -0.3 is 5.73 Å². The van der Waals surface area contributed by atoms with Crippen LogP contribution in [0.3, 0.4) is 0 Å². The topological polar surface area (TPSA) is 29.3 Å². The Labute approximate surface area is 103 Å². The van der Waals surface area contributed by atoms with Crippen LogP contribution in [-0.4, -0.2) is 24.5 Å². The van der Waals surface area contributed by atoms with Gasteiger partial charge in [-0.15, -0.1) is 0 Å². The van der Waals surface area contributed by atoms with Crippen LogP contribution in [0, 0.1) is 0 Å². The van der Waals surface area contributed by atoms with Crippen molar-refractivity contribution in [3.8, 4) is 0 Å². The number of nitrogens with two attached hydrogens (primary N) is 1. The lowest BCUT2D eigenvalue weighted by Gasteiger charge is -2.31. The molecule has 0 saturated heterocycles. The Morgan fingerprint density at radius 3 is 2.31 bits per heavy atom. The molecule has 0 aliphatic carbocycles. The molecule has 0 fully saturated rings. The van der Waals surface area contributed by atoms with Crippen molar-refractivity contribution in [2.45, 2.75) is 32.4 Å². The van der Waals surface area contributed by atoms with Gasteiger partial charge in [0, 0.05) is 17.1 Å². The summed E-state index contributed by atoms with van der Waals surface area (Å²) >= 11 is 5.89. The molecule has 90 valence electrons. The van der Waals surface area contributed by atoms with Crippen LogP contribution in [0.25, 0.3) is 0 Å². The number of likely N-dealkylation sites (N-methyl/N-ethyl adjacent to an activating group) is 1. The monoisotopic (exact) mass is 240 g/mol. The SMILES string of the molecule is CCCN(C)C(c1ccc(Cl)cc1)C(C)N. The highest BCUT2D eigenvalue weighted by atomic mass is 35.5. The quantitative estimate of drug-likeness (QED) is 0.857. The summed E-state index contributed by atoms with van der Waals surface area (Å²) in [6.07, 6.45) is 1.13. The van der Waals surface area contributed by atoms with Crippen LogP contribution in [0.4, 0.5) is 0 Å². The van der Waals surface area contributed by atoms with E-state index < -0.39 is 0 Å². The van der Waals surface area contributed by atoms with Crippen molar-refractivity contribution in [2.24, 2.45) is 5.73 Å². The van der Waals surface area contributed by atoms with E-state index in [0.717, 1.165) is 18.0 Å². The van der Waals surface area contributed by atoms with Crippen LogP contribution < -0.4 is 5.73 Å². The highest BCUT2D eigenvalue weighted by molar-refractivity contribution is 6.30. The predicted molar refractivity (Wildman–Crippen MR) is 70.8 cm³/mol. The van der Waals surface area contributed by atoms with Gasteiger partial charge in [-0.25, -0.2) is 0 Å². The molecule has 1 aromatic carbocycles. The molecule has 2 nitrogen and oxygen atoms in total. The molecule has 0 aliphatic heterocycles. The van der Waals surface area contributed by atoms with Crippen molar-refractivity contribution in [1.82, 2.24) is 4.90 Å². The average molecular weight is 241 g/mol. The maximum atomic E-state index is 6.06. The van der Waals surface area contributed by atoms with Crippen LogP contribution in [0.2, 0.25) is 5.02 Å². The summed E-state index contributed by atoms with van der Waals surface area (Å²) in [4.78, 5) is 2.30. The second-order valence-electron chi connectivity index (χ2n) is 4.34. The molecule has 0 saturated carbocycles. The van der Waals surface area contributed by atoms with Gasteiger partial charge in [0.25, 0.3) is 0 Å². The largest absolute Gasteiger partial charge is 0.326 e. The Balaban J connectivity index is 2.89. The minimum absolute atomic E-state index is 0.109. The molecule has 0 aliphatic rings. The van der Waals surface area contributed by atoms with E-state index in [1.54, 1.807) is 0 Å². The zero-order valence-electron chi connectivity index (χ0n) is 10.3. The summed E-state index contributed by atoms with van der Waals surface area (Å²) in [5, 5.41) is 0.769. The molecule has 0 radical (unpaired) electrons. The van der Waals surface area contributed by atoms with Crippen molar-refractivity contribution in [3.63, 3.8) is 0 Å². The molecule has 1 rings (SSSR count). The van der Waals surface area contributed by atoms with Gasteiger partial charge in [-0.2, -0.15) is 0 Å². The van der Waals surface area contributed by atoms with Crippen LogP contribution in [-0.2, 0) is 0 Å². The van der Waals surface area contributed by atoms with E-state index in [1.807, 2.05) is 19.1 Å². The smallest absolute Gasteiger partial charge is 0.0493 e. The van der Waals surface area contributed by atoms with Crippen LogP contribution in [0.1, 0.15) is 31.9 Å². The molecule has 2 N–H and O–H groups in total. The van der Waals surface area contributed by atoms with Gasteiger partial charge in [-0.05, 0) is 44.6 Å². The zero-order valence-corrected chi connectivity index (χ0v) is 11.0. The normalized spacial score (nSPS) is 15.1. The van der Waals surface area contributed by atoms with Crippen molar-refractivity contribution < 1.29 is 0 Å². The van der Waals surface area contributed by atoms with Crippen molar-refractivity contribution in [3.05, 3.63) is 34.9 Å². The van der Waals surface area contributed by atoms with E-state index in [0.29, 0.717) is 0 Å². The number of hydrogen-bond donors (Lipinski definition) is 1. The summed E-state index contributed by atoms with van der Waals surface area (Å²) in [5.74, 6) is 0. The van der Waals surface area contributed by atoms with E-state index in [9.17, 15) is 0 Å². The highest BCUT2D eigenvalue weighted by Gasteiger charge is 2.20. The van der Waals surface area contributed by atoms with Crippen LogP contribution >= 0.6 is 11.6 Å². The van der Waals surface area contributed by atoms with Gasteiger partial charge in [0.2, 0.25) is 0 Å². The predicted octanol–water partition coefficient (Wildman–Crippen LogP) is 3.07. The van der Waals surface area contributed by atoms with Gasteiger partial charge in [0.05, 0.1) is 0 Å². The van der Waals surface area contributed by atoms with E-state index in [1.165, 1.54) is 5.56 Å². The van der Waals surface area contributed by atoms with E-state index in [4.69, 9.17) is 17.3 Å². The molecule has 0 amide bonds. The second-order valence-corrected chi connectivity index (χ2v) is 4.77. The number of rotatable bonds is 5. The average Bonchev–Trinajstić information content (AvgIpc) is 2.21. The molecule has 0 bridgehead atoms. The third-order valence-electron chi connectivity index (χ3n) is 2.76. The Kier molecular flexibility index (Phi) is 5.26. The molecular weight excluding hydrogens is 220 g/mol. The van der Waals surface area contributed by atoms with E-state index >= 15 is 0 Å².